The molecule has 0 radical (unpaired) electrons. The van der Waals surface area contributed by atoms with Crippen molar-refractivity contribution in [2.75, 3.05) is 0 Å². The Labute approximate surface area is 111 Å². The van der Waals surface area contributed by atoms with Crippen LogP contribution in [0.2, 0.25) is 5.02 Å². The lowest BCUT2D eigenvalue weighted by molar-refractivity contribution is -0.137. The largest absolute Gasteiger partial charge is 0.481 e. The van der Waals surface area contributed by atoms with Crippen LogP contribution in [0, 0.1) is 13.8 Å². The van der Waals surface area contributed by atoms with Crippen LogP contribution in [0.25, 0.3) is 10.9 Å². The molecule has 0 saturated carbocycles. The number of aryl methyl sites for hydroxylation is 2. The van der Waals surface area contributed by atoms with Crippen LogP contribution in [0.3, 0.4) is 0 Å². The van der Waals surface area contributed by atoms with E-state index in [-0.39, 0.29) is 12.3 Å². The molecule has 0 aliphatic heterocycles. The van der Waals surface area contributed by atoms with E-state index < -0.39 is 5.97 Å². The second-order valence-corrected chi connectivity index (χ2v) is 5.16. The molecule has 1 heterocycles. The fraction of sp³-hybridized carbons (Fsp3) is 0.357. The summed E-state index contributed by atoms with van der Waals surface area (Å²) >= 11 is 6.10. The highest BCUT2D eigenvalue weighted by atomic mass is 35.5. The van der Waals surface area contributed by atoms with Crippen molar-refractivity contribution < 1.29 is 9.90 Å². The summed E-state index contributed by atoms with van der Waals surface area (Å²) in [5, 5.41) is 10.7. The first kappa shape index (κ1) is 13.0. The molecule has 1 atom stereocenters. The number of benzene rings is 1. The van der Waals surface area contributed by atoms with E-state index in [9.17, 15) is 4.79 Å². The second-order valence-electron chi connectivity index (χ2n) is 4.76. The number of H-pyrrole nitrogens is 1. The maximum absolute atomic E-state index is 10.8. The Morgan fingerprint density at radius 1 is 1.39 bits per heavy atom. The zero-order valence-electron chi connectivity index (χ0n) is 10.7. The average Bonchev–Trinajstić information content (AvgIpc) is 2.61. The third kappa shape index (κ3) is 2.10. The minimum absolute atomic E-state index is 0.0342. The van der Waals surface area contributed by atoms with E-state index in [4.69, 9.17) is 16.7 Å². The van der Waals surface area contributed by atoms with Gasteiger partial charge in [0.15, 0.2) is 0 Å². The van der Waals surface area contributed by atoms with E-state index >= 15 is 0 Å². The molecule has 0 spiro atoms. The summed E-state index contributed by atoms with van der Waals surface area (Å²) in [7, 11) is 0. The average molecular weight is 266 g/mol. The molecule has 0 bridgehead atoms. The van der Waals surface area contributed by atoms with Gasteiger partial charge in [0.1, 0.15) is 0 Å². The highest BCUT2D eigenvalue weighted by Gasteiger charge is 2.17. The first-order chi connectivity index (χ1) is 8.41. The summed E-state index contributed by atoms with van der Waals surface area (Å²) in [6, 6.07) is 3.86. The number of nitrogens with one attached hydrogen (secondary N) is 1. The topological polar surface area (TPSA) is 53.1 Å². The van der Waals surface area contributed by atoms with E-state index in [1.165, 1.54) is 0 Å². The zero-order valence-corrected chi connectivity index (χ0v) is 11.4. The summed E-state index contributed by atoms with van der Waals surface area (Å²) in [5.74, 6) is -0.816. The third-order valence-electron chi connectivity index (χ3n) is 3.44. The Kier molecular flexibility index (Phi) is 3.35. The van der Waals surface area contributed by atoms with Crippen molar-refractivity contribution in [2.45, 2.75) is 33.1 Å². The van der Waals surface area contributed by atoms with Crippen molar-refractivity contribution in [2.24, 2.45) is 0 Å². The standard InChI is InChI=1S/C14H16ClNO2/c1-7(6-12(17)18)13-8(2)10-4-5-11(15)9(3)14(10)16-13/h4-5,7,16H,6H2,1-3H3,(H,17,18). The lowest BCUT2D eigenvalue weighted by Crippen LogP contribution is -2.04. The lowest BCUT2D eigenvalue weighted by atomic mass is 9.99. The monoisotopic (exact) mass is 265 g/mol. The molecule has 96 valence electrons. The lowest BCUT2D eigenvalue weighted by Gasteiger charge is -2.07. The van der Waals surface area contributed by atoms with Gasteiger partial charge in [-0.25, -0.2) is 0 Å². The minimum Gasteiger partial charge on any atom is -0.481 e. The smallest absolute Gasteiger partial charge is 0.304 e. The number of carboxylic acid groups (broad SMARTS) is 1. The first-order valence-corrected chi connectivity index (χ1v) is 6.28. The van der Waals surface area contributed by atoms with E-state index in [1.807, 2.05) is 32.9 Å². The number of hydrogen-bond acceptors (Lipinski definition) is 1. The summed E-state index contributed by atoms with van der Waals surface area (Å²) in [6.07, 6.45) is 0.125. The molecule has 0 amide bonds. The normalized spacial score (nSPS) is 12.9. The van der Waals surface area contributed by atoms with Gasteiger partial charge in [-0.1, -0.05) is 24.6 Å². The molecule has 3 nitrogen and oxygen atoms in total. The van der Waals surface area contributed by atoms with Crippen LogP contribution in [0.5, 0.6) is 0 Å². The SMILES string of the molecule is Cc1c(C(C)CC(=O)O)[nH]c2c(C)c(Cl)ccc12. The fourth-order valence-electron chi connectivity index (χ4n) is 2.39. The molecule has 0 aliphatic carbocycles. The van der Waals surface area contributed by atoms with Crippen LogP contribution in [0.4, 0.5) is 0 Å². The highest BCUT2D eigenvalue weighted by molar-refractivity contribution is 6.32. The second kappa shape index (κ2) is 4.65. The van der Waals surface area contributed by atoms with E-state index in [0.29, 0.717) is 0 Å². The Morgan fingerprint density at radius 3 is 2.67 bits per heavy atom. The predicted molar refractivity (Wildman–Crippen MR) is 73.5 cm³/mol. The number of fused-ring (bicyclic) bond motifs is 1. The Balaban J connectivity index is 2.57. The number of hydrogen-bond donors (Lipinski definition) is 2. The zero-order chi connectivity index (χ0) is 13.4. The summed E-state index contributed by atoms with van der Waals surface area (Å²) in [4.78, 5) is 14.1. The quantitative estimate of drug-likeness (QED) is 0.881. The molecule has 0 aliphatic rings. The van der Waals surface area contributed by atoms with Crippen LogP contribution in [0.1, 0.15) is 36.1 Å². The summed E-state index contributed by atoms with van der Waals surface area (Å²) in [5.41, 5.74) is 4.11. The molecular weight excluding hydrogens is 250 g/mol. The molecule has 18 heavy (non-hydrogen) atoms. The number of aliphatic carboxylic acids is 1. The maximum Gasteiger partial charge on any atom is 0.304 e. The predicted octanol–water partition coefficient (Wildman–Crippen LogP) is 4.02. The molecule has 2 N–H and O–H groups in total. The van der Waals surface area contributed by atoms with Crippen LogP contribution in [-0.4, -0.2) is 16.1 Å². The van der Waals surface area contributed by atoms with Gasteiger partial charge < -0.3 is 10.1 Å². The molecule has 1 aromatic carbocycles. The number of aromatic amines is 1. The molecule has 0 saturated heterocycles. The van der Waals surface area contributed by atoms with Crippen molar-refractivity contribution in [3.8, 4) is 0 Å². The van der Waals surface area contributed by atoms with Gasteiger partial charge in [0.2, 0.25) is 0 Å². The Bertz CT molecular complexity index is 616. The first-order valence-electron chi connectivity index (χ1n) is 5.91. The van der Waals surface area contributed by atoms with Crippen molar-refractivity contribution >= 4 is 28.5 Å². The molecule has 1 unspecified atom stereocenters. The van der Waals surface area contributed by atoms with Gasteiger partial charge in [-0.3, -0.25) is 4.79 Å². The number of carboxylic acids is 1. The van der Waals surface area contributed by atoms with Gasteiger partial charge in [0.25, 0.3) is 0 Å². The van der Waals surface area contributed by atoms with Crippen LogP contribution >= 0.6 is 11.6 Å². The molecule has 0 fully saturated rings. The fourth-order valence-corrected chi connectivity index (χ4v) is 2.55. The third-order valence-corrected chi connectivity index (χ3v) is 3.85. The van der Waals surface area contributed by atoms with Gasteiger partial charge in [-0.2, -0.15) is 0 Å². The van der Waals surface area contributed by atoms with Gasteiger partial charge in [-0.05, 0) is 31.0 Å². The van der Waals surface area contributed by atoms with Crippen molar-refractivity contribution in [3.05, 3.63) is 34.0 Å². The molecule has 1 aromatic heterocycles. The summed E-state index contributed by atoms with van der Waals surface area (Å²) < 4.78 is 0. The van der Waals surface area contributed by atoms with Gasteiger partial charge >= 0.3 is 5.97 Å². The van der Waals surface area contributed by atoms with Crippen molar-refractivity contribution in [1.82, 2.24) is 4.98 Å². The molecule has 4 heteroatoms. The highest BCUT2D eigenvalue weighted by Crippen LogP contribution is 2.32. The Morgan fingerprint density at radius 2 is 2.06 bits per heavy atom. The van der Waals surface area contributed by atoms with E-state index in [1.54, 1.807) is 0 Å². The number of rotatable bonds is 3. The summed E-state index contributed by atoms with van der Waals surface area (Å²) in [6.45, 7) is 5.90. The molecule has 2 rings (SSSR count). The molecular formula is C14H16ClNO2. The van der Waals surface area contributed by atoms with Crippen molar-refractivity contribution in [1.29, 1.82) is 0 Å². The van der Waals surface area contributed by atoms with Crippen molar-refractivity contribution in [3.63, 3.8) is 0 Å². The minimum atomic E-state index is -0.782. The number of halogens is 1. The van der Waals surface area contributed by atoms with Crippen LogP contribution < -0.4 is 0 Å². The van der Waals surface area contributed by atoms with Gasteiger partial charge in [-0.15, -0.1) is 0 Å². The van der Waals surface area contributed by atoms with Crippen LogP contribution in [0.15, 0.2) is 12.1 Å². The number of carbonyl (C=O) groups is 1. The number of aromatic nitrogens is 1. The van der Waals surface area contributed by atoms with E-state index in [0.717, 1.165) is 32.7 Å². The van der Waals surface area contributed by atoms with Crippen LogP contribution in [-0.2, 0) is 4.79 Å². The molecule has 2 aromatic rings. The van der Waals surface area contributed by atoms with Gasteiger partial charge in [0.05, 0.1) is 11.9 Å². The van der Waals surface area contributed by atoms with Gasteiger partial charge in [0, 0.05) is 22.0 Å². The Hall–Kier alpha value is -1.48. The maximum atomic E-state index is 10.8. The van der Waals surface area contributed by atoms with E-state index in [2.05, 4.69) is 4.98 Å².